The molecule has 0 saturated carbocycles. The van der Waals surface area contributed by atoms with Crippen LogP contribution in [0.15, 0.2) is 40.9 Å². The lowest BCUT2D eigenvalue weighted by Crippen LogP contribution is -2.22. The van der Waals surface area contributed by atoms with Gasteiger partial charge in [0.15, 0.2) is 0 Å². The van der Waals surface area contributed by atoms with E-state index in [2.05, 4.69) is 60.2 Å². The highest BCUT2D eigenvalue weighted by atomic mass is 79.9. The summed E-state index contributed by atoms with van der Waals surface area (Å²) in [6.45, 7) is 7.12. The smallest absolute Gasteiger partial charge is 0.124 e. The molecule has 1 unspecified atom stereocenters. The van der Waals surface area contributed by atoms with Crippen LogP contribution in [0.25, 0.3) is 0 Å². The molecule has 1 N–H and O–H groups in total. The molecular weight excluding hydrogens is 317 g/mol. The first-order chi connectivity index (χ1) is 9.51. The van der Waals surface area contributed by atoms with Gasteiger partial charge in [0.1, 0.15) is 5.82 Å². The molecule has 0 aliphatic rings. The first-order valence-corrected chi connectivity index (χ1v) is 7.57. The molecule has 0 amide bonds. The summed E-state index contributed by atoms with van der Waals surface area (Å²) in [5.41, 5.74) is 4.73. The molecule has 2 aromatic rings. The Kier molecular flexibility index (Phi) is 4.95. The Morgan fingerprint density at radius 1 is 1.10 bits per heavy atom. The number of nitrogens with one attached hydrogen (secondary N) is 1. The van der Waals surface area contributed by atoms with Crippen LogP contribution < -0.4 is 5.32 Å². The molecule has 0 bridgehead atoms. The normalized spacial score (nSPS) is 12.4. The largest absolute Gasteiger partial charge is 0.306 e. The minimum atomic E-state index is -0.226. The zero-order valence-corrected chi connectivity index (χ0v) is 13.6. The van der Waals surface area contributed by atoms with Crippen LogP contribution in [0, 0.1) is 19.7 Å². The van der Waals surface area contributed by atoms with E-state index in [1.54, 1.807) is 0 Å². The van der Waals surface area contributed by atoms with Gasteiger partial charge in [-0.05, 0) is 43.7 Å². The number of hydrogen-bond donors (Lipinski definition) is 1. The second-order valence-corrected chi connectivity index (χ2v) is 5.93. The van der Waals surface area contributed by atoms with E-state index in [0.29, 0.717) is 0 Å². The summed E-state index contributed by atoms with van der Waals surface area (Å²) < 4.78 is 14.1. The van der Waals surface area contributed by atoms with Gasteiger partial charge in [-0.1, -0.05) is 58.2 Å². The molecule has 0 spiro atoms. The van der Waals surface area contributed by atoms with Crippen LogP contribution in [-0.2, 0) is 0 Å². The van der Waals surface area contributed by atoms with Gasteiger partial charge < -0.3 is 5.32 Å². The van der Waals surface area contributed by atoms with Gasteiger partial charge in [-0.25, -0.2) is 4.39 Å². The maximum absolute atomic E-state index is 13.3. The second kappa shape index (κ2) is 6.51. The van der Waals surface area contributed by atoms with Gasteiger partial charge in [-0.3, -0.25) is 0 Å². The van der Waals surface area contributed by atoms with Crippen molar-refractivity contribution in [3.8, 4) is 0 Å². The molecule has 2 aromatic carbocycles. The topological polar surface area (TPSA) is 12.0 Å². The average Bonchev–Trinajstić information content (AvgIpc) is 2.35. The van der Waals surface area contributed by atoms with Crippen LogP contribution in [0.3, 0.4) is 0 Å². The minimum absolute atomic E-state index is 0.0635. The van der Waals surface area contributed by atoms with E-state index in [9.17, 15) is 4.39 Å². The van der Waals surface area contributed by atoms with Crippen molar-refractivity contribution in [2.24, 2.45) is 0 Å². The molecule has 1 nitrogen and oxygen atoms in total. The van der Waals surface area contributed by atoms with Crippen LogP contribution in [-0.4, -0.2) is 6.54 Å². The van der Waals surface area contributed by atoms with Gasteiger partial charge in [0.25, 0.3) is 0 Å². The predicted molar refractivity (Wildman–Crippen MR) is 85.5 cm³/mol. The molecule has 1 atom stereocenters. The summed E-state index contributed by atoms with van der Waals surface area (Å²) in [4.78, 5) is 0. The monoisotopic (exact) mass is 335 g/mol. The van der Waals surface area contributed by atoms with Crippen molar-refractivity contribution < 1.29 is 4.39 Å². The Labute approximate surface area is 128 Å². The quantitative estimate of drug-likeness (QED) is 0.837. The number of benzene rings is 2. The van der Waals surface area contributed by atoms with E-state index in [0.717, 1.165) is 16.6 Å². The van der Waals surface area contributed by atoms with E-state index < -0.39 is 0 Å². The Morgan fingerprint density at radius 3 is 2.30 bits per heavy atom. The standard InChI is InChI=1S/C17H19BrFN/c1-4-20-17(13-8-11(2)7-12(3)9-13)15-6-5-14(19)10-16(15)18/h5-10,17,20H,4H2,1-3H3. The summed E-state index contributed by atoms with van der Waals surface area (Å²) in [6.07, 6.45) is 0. The summed E-state index contributed by atoms with van der Waals surface area (Å²) in [5.74, 6) is -0.226. The van der Waals surface area contributed by atoms with E-state index in [1.165, 1.54) is 28.8 Å². The van der Waals surface area contributed by atoms with Gasteiger partial charge in [-0.2, -0.15) is 0 Å². The molecule has 0 fully saturated rings. The Morgan fingerprint density at radius 2 is 1.75 bits per heavy atom. The average molecular weight is 336 g/mol. The van der Waals surface area contributed by atoms with Crippen LogP contribution >= 0.6 is 15.9 Å². The summed E-state index contributed by atoms with van der Waals surface area (Å²) >= 11 is 3.47. The van der Waals surface area contributed by atoms with Crippen molar-refractivity contribution in [3.63, 3.8) is 0 Å². The van der Waals surface area contributed by atoms with Gasteiger partial charge >= 0.3 is 0 Å². The highest BCUT2D eigenvalue weighted by molar-refractivity contribution is 9.10. The fourth-order valence-corrected chi connectivity index (χ4v) is 3.10. The van der Waals surface area contributed by atoms with Crippen molar-refractivity contribution in [2.75, 3.05) is 6.54 Å². The third-order valence-electron chi connectivity index (χ3n) is 3.26. The van der Waals surface area contributed by atoms with Gasteiger partial charge in [0.2, 0.25) is 0 Å². The number of hydrogen-bond acceptors (Lipinski definition) is 1. The van der Waals surface area contributed by atoms with E-state index in [4.69, 9.17) is 0 Å². The third kappa shape index (κ3) is 3.47. The first-order valence-electron chi connectivity index (χ1n) is 6.77. The Bertz CT molecular complexity index is 590. The molecule has 0 radical (unpaired) electrons. The predicted octanol–water partition coefficient (Wildman–Crippen LogP) is 4.90. The zero-order chi connectivity index (χ0) is 14.7. The summed E-state index contributed by atoms with van der Waals surface area (Å²) in [5, 5.41) is 3.48. The lowest BCUT2D eigenvalue weighted by atomic mass is 9.95. The molecule has 20 heavy (non-hydrogen) atoms. The molecule has 106 valence electrons. The van der Waals surface area contributed by atoms with Gasteiger partial charge in [-0.15, -0.1) is 0 Å². The molecule has 0 heterocycles. The van der Waals surface area contributed by atoms with Crippen LogP contribution in [0.1, 0.15) is 35.2 Å². The lowest BCUT2D eigenvalue weighted by molar-refractivity contribution is 0.610. The van der Waals surface area contributed by atoms with Gasteiger partial charge in [0, 0.05) is 4.47 Å². The minimum Gasteiger partial charge on any atom is -0.306 e. The fraction of sp³-hybridized carbons (Fsp3) is 0.294. The van der Waals surface area contributed by atoms with E-state index in [1.807, 2.05) is 6.07 Å². The maximum atomic E-state index is 13.3. The van der Waals surface area contributed by atoms with E-state index >= 15 is 0 Å². The SMILES string of the molecule is CCNC(c1cc(C)cc(C)c1)c1ccc(F)cc1Br. The van der Waals surface area contributed by atoms with Crippen molar-refractivity contribution in [1.82, 2.24) is 5.32 Å². The van der Waals surface area contributed by atoms with Gasteiger partial charge in [0.05, 0.1) is 6.04 Å². The summed E-state index contributed by atoms with van der Waals surface area (Å²) in [6, 6.07) is 11.4. The first kappa shape index (κ1) is 15.2. The molecule has 0 saturated heterocycles. The summed E-state index contributed by atoms with van der Waals surface area (Å²) in [7, 11) is 0. The molecular formula is C17H19BrFN. The maximum Gasteiger partial charge on any atom is 0.124 e. The van der Waals surface area contributed by atoms with Crippen LogP contribution in [0.2, 0.25) is 0 Å². The molecule has 0 aromatic heterocycles. The molecule has 3 heteroatoms. The Hall–Kier alpha value is -1.19. The van der Waals surface area contributed by atoms with E-state index in [-0.39, 0.29) is 11.9 Å². The Balaban J connectivity index is 2.49. The van der Waals surface area contributed by atoms with Crippen molar-refractivity contribution in [3.05, 3.63) is 68.9 Å². The van der Waals surface area contributed by atoms with Crippen molar-refractivity contribution in [2.45, 2.75) is 26.8 Å². The molecule has 0 aliphatic heterocycles. The van der Waals surface area contributed by atoms with Crippen LogP contribution in [0.4, 0.5) is 4.39 Å². The third-order valence-corrected chi connectivity index (χ3v) is 3.95. The zero-order valence-electron chi connectivity index (χ0n) is 12.0. The lowest BCUT2D eigenvalue weighted by Gasteiger charge is -2.21. The number of rotatable bonds is 4. The van der Waals surface area contributed by atoms with Crippen molar-refractivity contribution >= 4 is 15.9 Å². The van der Waals surface area contributed by atoms with Crippen LogP contribution in [0.5, 0.6) is 0 Å². The highest BCUT2D eigenvalue weighted by Crippen LogP contribution is 2.30. The molecule has 2 rings (SSSR count). The molecule has 0 aliphatic carbocycles. The second-order valence-electron chi connectivity index (χ2n) is 5.08. The number of halogens is 2. The number of aryl methyl sites for hydroxylation is 2. The van der Waals surface area contributed by atoms with Crippen molar-refractivity contribution in [1.29, 1.82) is 0 Å². The fourth-order valence-electron chi connectivity index (χ4n) is 2.52. The highest BCUT2D eigenvalue weighted by Gasteiger charge is 2.16.